The normalized spacial score (nSPS) is 13.4. The van der Waals surface area contributed by atoms with E-state index in [9.17, 15) is 4.79 Å². The number of hydrogen-bond donors (Lipinski definition) is 2. The van der Waals surface area contributed by atoms with Crippen molar-refractivity contribution in [2.45, 2.75) is 12.8 Å². The molecule has 0 bridgehead atoms. The van der Waals surface area contributed by atoms with Crippen molar-refractivity contribution < 1.29 is 15.0 Å². The van der Waals surface area contributed by atoms with Crippen LogP contribution in [-0.4, -0.2) is 16.2 Å². The molecule has 2 N–H and O–H groups in total. The quantitative estimate of drug-likeness (QED) is 0.545. The summed E-state index contributed by atoms with van der Waals surface area (Å²) in [5.41, 5.74) is 0. The first-order chi connectivity index (χ1) is 4.66. The monoisotopic (exact) mass is 142 g/mol. The highest BCUT2D eigenvalue weighted by atomic mass is 16.4. The van der Waals surface area contributed by atoms with Crippen LogP contribution in [0.4, 0.5) is 0 Å². The Hall–Kier alpha value is -1.25. The number of hydrogen-bond acceptors (Lipinski definition) is 2. The molecule has 56 valence electrons. The van der Waals surface area contributed by atoms with E-state index in [1.165, 1.54) is 0 Å². The van der Waals surface area contributed by atoms with Crippen LogP contribution in [0.15, 0.2) is 24.5 Å². The number of aliphatic carboxylic acids is 1. The summed E-state index contributed by atoms with van der Waals surface area (Å²) < 4.78 is 0. The van der Waals surface area contributed by atoms with E-state index in [2.05, 4.69) is 6.58 Å². The molecule has 1 aliphatic carbocycles. The zero-order valence-corrected chi connectivity index (χ0v) is 5.58. The summed E-state index contributed by atoms with van der Waals surface area (Å²) in [4.78, 5) is 9.25. The fourth-order valence-corrected chi connectivity index (χ4v) is 0.273. The van der Waals surface area contributed by atoms with Crippen molar-refractivity contribution >= 4 is 5.97 Å². The standard InChI is InChI=1S/C4H6O.C3H4O2/c5-4-2-1-3-4;1-2-3(4)5/h2,5H,1,3H2;2H,1H2,(H,4,5). The molecule has 0 aromatic heterocycles. The maximum atomic E-state index is 9.25. The Bertz CT molecular complexity index is 158. The van der Waals surface area contributed by atoms with Gasteiger partial charge in [0.1, 0.15) is 0 Å². The van der Waals surface area contributed by atoms with Gasteiger partial charge in [0.25, 0.3) is 0 Å². The molecule has 0 aromatic rings. The molecule has 0 atom stereocenters. The number of rotatable bonds is 1. The summed E-state index contributed by atoms with van der Waals surface area (Å²) in [5, 5.41) is 15.9. The van der Waals surface area contributed by atoms with Crippen LogP contribution < -0.4 is 0 Å². The minimum Gasteiger partial charge on any atom is -0.513 e. The topological polar surface area (TPSA) is 57.5 Å². The van der Waals surface area contributed by atoms with Crippen LogP contribution >= 0.6 is 0 Å². The van der Waals surface area contributed by atoms with E-state index >= 15 is 0 Å². The van der Waals surface area contributed by atoms with Gasteiger partial charge in [-0.2, -0.15) is 0 Å². The summed E-state index contributed by atoms with van der Waals surface area (Å²) in [6.07, 6.45) is 4.63. The predicted octanol–water partition coefficient (Wildman–Crippen LogP) is 1.48. The molecule has 10 heavy (non-hydrogen) atoms. The Balaban J connectivity index is 0.000000162. The van der Waals surface area contributed by atoms with Crippen molar-refractivity contribution in [3.8, 4) is 0 Å². The van der Waals surface area contributed by atoms with Crippen LogP contribution in [-0.2, 0) is 4.79 Å². The van der Waals surface area contributed by atoms with Crippen LogP contribution in [0.3, 0.4) is 0 Å². The first-order valence-corrected chi connectivity index (χ1v) is 2.90. The lowest BCUT2D eigenvalue weighted by molar-refractivity contribution is -0.131. The lowest BCUT2D eigenvalue weighted by Gasteiger charge is -2.03. The fourth-order valence-electron chi connectivity index (χ4n) is 0.273. The van der Waals surface area contributed by atoms with Gasteiger partial charge in [0.05, 0.1) is 5.76 Å². The average molecular weight is 142 g/mol. The highest BCUT2D eigenvalue weighted by Crippen LogP contribution is 2.12. The zero-order valence-electron chi connectivity index (χ0n) is 5.58. The van der Waals surface area contributed by atoms with Gasteiger partial charge in [-0.25, -0.2) is 4.79 Å². The maximum absolute atomic E-state index is 9.25. The molecule has 0 fully saturated rings. The van der Waals surface area contributed by atoms with E-state index in [1.54, 1.807) is 0 Å². The molecule has 3 heteroatoms. The van der Waals surface area contributed by atoms with Gasteiger partial charge in [0, 0.05) is 12.5 Å². The molecule has 0 unspecified atom stereocenters. The van der Waals surface area contributed by atoms with Gasteiger partial charge in [-0.3, -0.25) is 0 Å². The number of aliphatic hydroxyl groups excluding tert-OH is 1. The Morgan fingerprint density at radius 3 is 2.10 bits per heavy atom. The molecule has 0 heterocycles. The van der Waals surface area contributed by atoms with Gasteiger partial charge >= 0.3 is 5.97 Å². The molecule has 0 spiro atoms. The number of carboxylic acid groups (broad SMARTS) is 1. The highest BCUT2D eigenvalue weighted by Gasteiger charge is 1.98. The molecule has 3 nitrogen and oxygen atoms in total. The van der Waals surface area contributed by atoms with Crippen molar-refractivity contribution in [1.29, 1.82) is 0 Å². The number of allylic oxidation sites excluding steroid dienone is 2. The molecule has 0 saturated heterocycles. The molecular formula is C7H10O3. The molecule has 0 radical (unpaired) electrons. The van der Waals surface area contributed by atoms with Crippen LogP contribution in [0.1, 0.15) is 12.8 Å². The minimum atomic E-state index is -0.981. The second-order valence-electron chi connectivity index (χ2n) is 1.78. The summed E-state index contributed by atoms with van der Waals surface area (Å²) in [6, 6.07) is 0. The third-order valence-corrected chi connectivity index (χ3v) is 0.955. The Morgan fingerprint density at radius 2 is 2.10 bits per heavy atom. The molecule has 0 aliphatic heterocycles. The SMILES string of the molecule is C=CC(=O)O.OC1=CCC1. The Morgan fingerprint density at radius 1 is 1.80 bits per heavy atom. The van der Waals surface area contributed by atoms with Crippen molar-refractivity contribution in [3.63, 3.8) is 0 Å². The molecule has 0 amide bonds. The first-order valence-electron chi connectivity index (χ1n) is 2.90. The number of carbonyl (C=O) groups is 1. The van der Waals surface area contributed by atoms with Gasteiger partial charge in [-0.15, -0.1) is 0 Å². The van der Waals surface area contributed by atoms with E-state index in [1.807, 2.05) is 6.08 Å². The van der Waals surface area contributed by atoms with Gasteiger partial charge in [-0.1, -0.05) is 6.58 Å². The zero-order chi connectivity index (χ0) is 7.98. The van der Waals surface area contributed by atoms with Crippen LogP contribution in [0.2, 0.25) is 0 Å². The molecule has 1 rings (SSSR count). The second kappa shape index (κ2) is 4.61. The van der Waals surface area contributed by atoms with E-state index < -0.39 is 5.97 Å². The van der Waals surface area contributed by atoms with Crippen molar-refractivity contribution in [3.05, 3.63) is 24.5 Å². The average Bonchev–Trinajstić information content (AvgIpc) is 1.85. The maximum Gasteiger partial charge on any atom is 0.327 e. The Kier molecular flexibility index (Phi) is 4.04. The van der Waals surface area contributed by atoms with Crippen molar-refractivity contribution in [2.75, 3.05) is 0 Å². The first kappa shape index (κ1) is 8.75. The smallest absolute Gasteiger partial charge is 0.327 e. The summed E-state index contributed by atoms with van der Waals surface area (Å²) in [6.45, 7) is 2.96. The summed E-state index contributed by atoms with van der Waals surface area (Å²) in [5.74, 6) is -0.421. The predicted molar refractivity (Wildman–Crippen MR) is 37.8 cm³/mol. The molecule has 1 aliphatic rings. The second-order valence-corrected chi connectivity index (χ2v) is 1.78. The van der Waals surface area contributed by atoms with Crippen molar-refractivity contribution in [1.82, 2.24) is 0 Å². The minimum absolute atomic E-state index is 0.560. The van der Waals surface area contributed by atoms with Crippen LogP contribution in [0.25, 0.3) is 0 Å². The number of aliphatic hydroxyl groups is 1. The van der Waals surface area contributed by atoms with E-state index in [0.717, 1.165) is 18.9 Å². The third-order valence-electron chi connectivity index (χ3n) is 0.955. The van der Waals surface area contributed by atoms with E-state index in [-0.39, 0.29) is 0 Å². The lowest BCUT2D eigenvalue weighted by atomic mass is 10.1. The summed E-state index contributed by atoms with van der Waals surface area (Å²) in [7, 11) is 0. The fraction of sp³-hybridized carbons (Fsp3) is 0.286. The molecule has 0 aromatic carbocycles. The van der Waals surface area contributed by atoms with Gasteiger partial charge in [-0.05, 0) is 12.5 Å². The van der Waals surface area contributed by atoms with Crippen LogP contribution in [0.5, 0.6) is 0 Å². The van der Waals surface area contributed by atoms with Gasteiger partial charge in [0.2, 0.25) is 0 Å². The van der Waals surface area contributed by atoms with Gasteiger partial charge in [0.15, 0.2) is 0 Å². The Labute approximate surface area is 59.3 Å². The largest absolute Gasteiger partial charge is 0.513 e. The van der Waals surface area contributed by atoms with Crippen LogP contribution in [0, 0.1) is 0 Å². The number of carboxylic acids is 1. The third kappa shape index (κ3) is 4.90. The lowest BCUT2D eigenvalue weighted by Crippen LogP contribution is -1.88. The van der Waals surface area contributed by atoms with Crippen molar-refractivity contribution in [2.24, 2.45) is 0 Å². The molecular weight excluding hydrogens is 132 g/mol. The summed E-state index contributed by atoms with van der Waals surface area (Å²) >= 11 is 0. The van der Waals surface area contributed by atoms with Gasteiger partial charge < -0.3 is 10.2 Å². The van der Waals surface area contributed by atoms with E-state index in [0.29, 0.717) is 5.76 Å². The highest BCUT2D eigenvalue weighted by molar-refractivity contribution is 5.78. The molecule has 0 saturated carbocycles. The van der Waals surface area contributed by atoms with E-state index in [4.69, 9.17) is 10.2 Å².